The topological polar surface area (TPSA) is 83.1 Å². The van der Waals surface area contributed by atoms with Crippen LogP contribution < -0.4 is 19.5 Å². The number of ether oxygens (including phenoxy) is 4. The summed E-state index contributed by atoms with van der Waals surface area (Å²) >= 11 is 0. The molecule has 2 aromatic rings. The van der Waals surface area contributed by atoms with Crippen LogP contribution in [0.25, 0.3) is 0 Å². The standard InChI is InChI=1S/C24H29NO6/c1-5-20(31-17-11-10-15-8-6-7-9-16(15)12-17)23(26)25-19-14-22(29-3)21(28-2)13-18(19)24(27)30-4/h10-14,20H,5-9H2,1-4H3,(H,25,26). The highest BCUT2D eigenvalue weighted by Crippen LogP contribution is 2.34. The van der Waals surface area contributed by atoms with E-state index in [0.717, 1.165) is 12.8 Å². The maximum atomic E-state index is 13.0. The van der Waals surface area contributed by atoms with E-state index in [0.29, 0.717) is 23.7 Å². The highest BCUT2D eigenvalue weighted by molar-refractivity contribution is 6.03. The summed E-state index contributed by atoms with van der Waals surface area (Å²) in [6, 6.07) is 9.04. The highest BCUT2D eigenvalue weighted by atomic mass is 16.5. The predicted octanol–water partition coefficient (Wildman–Crippen LogP) is 4.17. The molecule has 0 saturated heterocycles. The molecular weight excluding hydrogens is 398 g/mol. The molecule has 0 saturated carbocycles. The fourth-order valence-electron chi connectivity index (χ4n) is 3.74. The third-order valence-electron chi connectivity index (χ3n) is 5.45. The van der Waals surface area contributed by atoms with Gasteiger partial charge in [-0.1, -0.05) is 13.0 Å². The third kappa shape index (κ3) is 5.10. The Morgan fingerprint density at radius 3 is 2.29 bits per heavy atom. The van der Waals surface area contributed by atoms with Crippen molar-refractivity contribution in [1.29, 1.82) is 0 Å². The number of amides is 1. The number of carbonyl (C=O) groups excluding carboxylic acids is 2. The van der Waals surface area contributed by atoms with Crippen molar-refractivity contribution in [3.05, 3.63) is 47.0 Å². The molecule has 31 heavy (non-hydrogen) atoms. The molecule has 7 nitrogen and oxygen atoms in total. The molecule has 166 valence electrons. The Balaban J connectivity index is 1.82. The number of anilines is 1. The maximum absolute atomic E-state index is 13.0. The summed E-state index contributed by atoms with van der Waals surface area (Å²) in [5, 5.41) is 2.79. The zero-order valence-corrected chi connectivity index (χ0v) is 18.4. The summed E-state index contributed by atoms with van der Waals surface area (Å²) in [5.74, 6) is 0.452. The number of nitrogens with one attached hydrogen (secondary N) is 1. The van der Waals surface area contributed by atoms with E-state index in [1.165, 1.54) is 57.4 Å². The van der Waals surface area contributed by atoms with Crippen LogP contribution in [0.3, 0.4) is 0 Å². The van der Waals surface area contributed by atoms with Crippen LogP contribution in [0.4, 0.5) is 5.69 Å². The van der Waals surface area contributed by atoms with E-state index in [4.69, 9.17) is 18.9 Å². The normalized spacial score (nSPS) is 13.5. The van der Waals surface area contributed by atoms with Crippen molar-refractivity contribution < 1.29 is 28.5 Å². The van der Waals surface area contributed by atoms with Crippen molar-refractivity contribution in [2.24, 2.45) is 0 Å². The number of rotatable bonds is 8. The molecule has 1 unspecified atom stereocenters. The van der Waals surface area contributed by atoms with E-state index in [1.807, 2.05) is 19.1 Å². The van der Waals surface area contributed by atoms with E-state index < -0.39 is 12.1 Å². The Hall–Kier alpha value is -3.22. The zero-order chi connectivity index (χ0) is 22.4. The number of aryl methyl sites for hydroxylation is 2. The maximum Gasteiger partial charge on any atom is 0.340 e. The van der Waals surface area contributed by atoms with Crippen LogP contribution in [0.1, 0.15) is 47.7 Å². The molecule has 1 aliphatic carbocycles. The second kappa shape index (κ2) is 10.2. The van der Waals surface area contributed by atoms with Crippen LogP contribution in [0, 0.1) is 0 Å². The molecule has 0 aliphatic heterocycles. The van der Waals surface area contributed by atoms with Gasteiger partial charge in [-0.25, -0.2) is 4.79 Å². The Bertz CT molecular complexity index is 955. The fourth-order valence-corrected chi connectivity index (χ4v) is 3.74. The van der Waals surface area contributed by atoms with Crippen LogP contribution in [0.2, 0.25) is 0 Å². The minimum Gasteiger partial charge on any atom is -0.493 e. The molecular formula is C24H29NO6. The molecule has 1 amide bonds. The van der Waals surface area contributed by atoms with Gasteiger partial charge in [-0.3, -0.25) is 4.79 Å². The van der Waals surface area contributed by atoms with Crippen molar-refractivity contribution in [3.8, 4) is 17.2 Å². The second-order valence-corrected chi connectivity index (χ2v) is 7.39. The molecule has 1 aliphatic rings. The molecule has 0 bridgehead atoms. The Morgan fingerprint density at radius 1 is 0.968 bits per heavy atom. The van der Waals surface area contributed by atoms with Gasteiger partial charge in [0.25, 0.3) is 5.91 Å². The lowest BCUT2D eigenvalue weighted by molar-refractivity contribution is -0.122. The monoisotopic (exact) mass is 427 g/mol. The molecule has 2 aromatic carbocycles. The number of fused-ring (bicyclic) bond motifs is 1. The number of hydrogen-bond acceptors (Lipinski definition) is 6. The third-order valence-corrected chi connectivity index (χ3v) is 5.45. The highest BCUT2D eigenvalue weighted by Gasteiger charge is 2.24. The summed E-state index contributed by atoms with van der Waals surface area (Å²) < 4.78 is 21.4. The van der Waals surface area contributed by atoms with Gasteiger partial charge in [-0.2, -0.15) is 0 Å². The van der Waals surface area contributed by atoms with Crippen molar-refractivity contribution in [3.63, 3.8) is 0 Å². The van der Waals surface area contributed by atoms with Gasteiger partial charge in [-0.15, -0.1) is 0 Å². The molecule has 0 spiro atoms. The van der Waals surface area contributed by atoms with E-state index >= 15 is 0 Å². The first-order chi connectivity index (χ1) is 15.0. The van der Waals surface area contributed by atoms with Gasteiger partial charge in [0, 0.05) is 12.1 Å². The van der Waals surface area contributed by atoms with Crippen molar-refractivity contribution in [2.75, 3.05) is 26.6 Å². The van der Waals surface area contributed by atoms with E-state index in [1.54, 1.807) is 0 Å². The minimum absolute atomic E-state index is 0.164. The van der Waals surface area contributed by atoms with Crippen LogP contribution in [0.15, 0.2) is 30.3 Å². The predicted molar refractivity (Wildman–Crippen MR) is 117 cm³/mol. The average Bonchev–Trinajstić information content (AvgIpc) is 2.81. The van der Waals surface area contributed by atoms with Gasteiger partial charge < -0.3 is 24.3 Å². The second-order valence-electron chi connectivity index (χ2n) is 7.39. The Kier molecular flexibility index (Phi) is 7.39. The largest absolute Gasteiger partial charge is 0.493 e. The summed E-state index contributed by atoms with van der Waals surface area (Å²) in [6.45, 7) is 1.87. The fraction of sp³-hybridized carbons (Fsp3) is 0.417. The molecule has 0 fully saturated rings. The number of benzene rings is 2. The Labute approximate surface area is 182 Å². The number of carbonyl (C=O) groups is 2. The van der Waals surface area contributed by atoms with E-state index in [2.05, 4.69) is 11.4 Å². The van der Waals surface area contributed by atoms with Gasteiger partial charge in [0.1, 0.15) is 5.75 Å². The summed E-state index contributed by atoms with van der Waals surface area (Å²) in [4.78, 5) is 25.2. The zero-order valence-electron chi connectivity index (χ0n) is 18.4. The van der Waals surface area contributed by atoms with Gasteiger partial charge >= 0.3 is 5.97 Å². The molecule has 7 heteroatoms. The SMILES string of the molecule is CCC(Oc1ccc2c(c1)CCCC2)C(=O)Nc1cc(OC)c(OC)cc1C(=O)OC. The van der Waals surface area contributed by atoms with Gasteiger partial charge in [0.05, 0.1) is 32.6 Å². The Morgan fingerprint density at radius 2 is 1.65 bits per heavy atom. The first kappa shape index (κ1) is 22.5. The minimum atomic E-state index is -0.722. The van der Waals surface area contributed by atoms with Crippen LogP contribution >= 0.6 is 0 Å². The van der Waals surface area contributed by atoms with Crippen molar-refractivity contribution >= 4 is 17.6 Å². The van der Waals surface area contributed by atoms with Crippen LogP contribution in [-0.4, -0.2) is 39.3 Å². The van der Waals surface area contributed by atoms with Gasteiger partial charge in [0.15, 0.2) is 17.6 Å². The number of hydrogen-bond donors (Lipinski definition) is 1. The smallest absolute Gasteiger partial charge is 0.340 e. The molecule has 0 heterocycles. The lowest BCUT2D eigenvalue weighted by Crippen LogP contribution is -2.33. The number of esters is 1. The van der Waals surface area contributed by atoms with Crippen molar-refractivity contribution in [1.82, 2.24) is 0 Å². The van der Waals surface area contributed by atoms with Crippen LogP contribution in [-0.2, 0) is 22.4 Å². The average molecular weight is 427 g/mol. The molecule has 3 rings (SSSR count). The number of methoxy groups -OCH3 is 3. The molecule has 0 radical (unpaired) electrons. The van der Waals surface area contributed by atoms with Gasteiger partial charge in [-0.05, 0) is 55.4 Å². The van der Waals surface area contributed by atoms with Gasteiger partial charge in [0.2, 0.25) is 0 Å². The molecule has 1 atom stereocenters. The summed E-state index contributed by atoms with van der Waals surface area (Å²) in [5.41, 5.74) is 3.06. The first-order valence-corrected chi connectivity index (χ1v) is 10.4. The lowest BCUT2D eigenvalue weighted by atomic mass is 9.92. The van der Waals surface area contributed by atoms with Crippen molar-refractivity contribution in [2.45, 2.75) is 45.1 Å². The van der Waals surface area contributed by atoms with Crippen LogP contribution in [0.5, 0.6) is 17.2 Å². The quantitative estimate of drug-likeness (QED) is 0.637. The lowest BCUT2D eigenvalue weighted by Gasteiger charge is -2.21. The molecule has 1 N–H and O–H groups in total. The molecule has 0 aromatic heterocycles. The van der Waals surface area contributed by atoms with E-state index in [-0.39, 0.29) is 17.2 Å². The van der Waals surface area contributed by atoms with E-state index in [9.17, 15) is 9.59 Å². The first-order valence-electron chi connectivity index (χ1n) is 10.4. The summed E-state index contributed by atoms with van der Waals surface area (Å²) in [7, 11) is 4.23. The summed E-state index contributed by atoms with van der Waals surface area (Å²) in [6.07, 6.45) is 4.24.